The molecule has 0 atom stereocenters. The number of nitrogens with zero attached hydrogens (tertiary/aromatic N) is 2. The summed E-state index contributed by atoms with van der Waals surface area (Å²) in [4.78, 5) is 17.5. The molecule has 0 aliphatic heterocycles. The maximum absolute atomic E-state index is 11.4. The number of carbonyl (C=O) groups is 1. The fourth-order valence-corrected chi connectivity index (χ4v) is 2.14. The van der Waals surface area contributed by atoms with Crippen molar-refractivity contribution in [1.29, 1.82) is 0 Å². The van der Waals surface area contributed by atoms with Crippen molar-refractivity contribution in [3.63, 3.8) is 0 Å². The number of pyridine rings is 1. The van der Waals surface area contributed by atoms with Gasteiger partial charge in [-0.1, -0.05) is 29.8 Å². The number of anilines is 1. The van der Waals surface area contributed by atoms with Crippen molar-refractivity contribution in [2.75, 3.05) is 11.9 Å². The molecule has 0 spiro atoms. The van der Waals surface area contributed by atoms with Crippen LogP contribution in [0.5, 0.6) is 0 Å². The lowest BCUT2D eigenvalue weighted by Crippen LogP contribution is -2.21. The molecule has 4 heteroatoms. The molecule has 0 aliphatic rings. The van der Waals surface area contributed by atoms with Crippen molar-refractivity contribution in [3.05, 3.63) is 58.8 Å². The molecule has 0 radical (unpaired) electrons. The van der Waals surface area contributed by atoms with E-state index in [9.17, 15) is 9.90 Å². The normalized spacial score (nSPS) is 10.3. The predicted octanol–water partition coefficient (Wildman–Crippen LogP) is 3.03. The Hall–Kier alpha value is -2.36. The van der Waals surface area contributed by atoms with Gasteiger partial charge in [-0.2, -0.15) is 0 Å². The molecule has 4 nitrogen and oxygen atoms in total. The maximum atomic E-state index is 11.4. The summed E-state index contributed by atoms with van der Waals surface area (Å²) >= 11 is 0. The Bertz CT molecular complexity index is 621. The Morgan fingerprint density at radius 2 is 1.85 bits per heavy atom. The number of benzene rings is 1. The van der Waals surface area contributed by atoms with Crippen LogP contribution >= 0.6 is 0 Å². The average Bonchev–Trinajstić information content (AvgIpc) is 2.40. The fourth-order valence-electron chi connectivity index (χ4n) is 2.14. The largest absolute Gasteiger partial charge is 0.478 e. The van der Waals surface area contributed by atoms with Gasteiger partial charge in [0.1, 0.15) is 11.4 Å². The van der Waals surface area contributed by atoms with Gasteiger partial charge in [0.25, 0.3) is 0 Å². The van der Waals surface area contributed by atoms with Crippen molar-refractivity contribution in [2.24, 2.45) is 0 Å². The molecule has 2 rings (SSSR count). The molecule has 0 bridgehead atoms. The fraction of sp³-hybridized carbons (Fsp3) is 0.250. The van der Waals surface area contributed by atoms with Crippen LogP contribution < -0.4 is 4.90 Å². The van der Waals surface area contributed by atoms with Crippen molar-refractivity contribution in [1.82, 2.24) is 4.98 Å². The predicted molar refractivity (Wildman–Crippen MR) is 79.2 cm³/mol. The summed E-state index contributed by atoms with van der Waals surface area (Å²) in [6.45, 7) is 4.45. The number of carboxylic acids is 1. The summed E-state index contributed by atoms with van der Waals surface area (Å²) in [6.07, 6.45) is 1.64. The lowest BCUT2D eigenvalue weighted by molar-refractivity contribution is 0.0696. The molecule has 1 aromatic heterocycles. The second kappa shape index (κ2) is 5.74. The molecule has 1 aromatic carbocycles. The quantitative estimate of drug-likeness (QED) is 0.927. The summed E-state index contributed by atoms with van der Waals surface area (Å²) in [5, 5.41) is 9.33. The van der Waals surface area contributed by atoms with Gasteiger partial charge in [0.15, 0.2) is 0 Å². The van der Waals surface area contributed by atoms with Gasteiger partial charge in [0.05, 0.1) is 0 Å². The van der Waals surface area contributed by atoms with Crippen LogP contribution in [0.3, 0.4) is 0 Å². The van der Waals surface area contributed by atoms with E-state index in [0.717, 1.165) is 11.1 Å². The summed E-state index contributed by atoms with van der Waals surface area (Å²) in [6, 6.07) is 9.90. The van der Waals surface area contributed by atoms with Crippen LogP contribution in [0, 0.1) is 13.8 Å². The number of aryl methyl sites for hydroxylation is 2. The Labute approximate surface area is 118 Å². The lowest BCUT2D eigenvalue weighted by Gasteiger charge is -2.21. The van der Waals surface area contributed by atoms with E-state index in [1.807, 2.05) is 43.1 Å². The number of aromatic carboxylic acids is 1. The third-order valence-corrected chi connectivity index (χ3v) is 3.26. The number of hydrogen-bond acceptors (Lipinski definition) is 3. The van der Waals surface area contributed by atoms with E-state index >= 15 is 0 Å². The first-order chi connectivity index (χ1) is 9.49. The molecular weight excluding hydrogens is 252 g/mol. The zero-order valence-corrected chi connectivity index (χ0v) is 11.9. The molecule has 0 amide bonds. The minimum Gasteiger partial charge on any atom is -0.478 e. The smallest absolute Gasteiger partial charge is 0.339 e. The van der Waals surface area contributed by atoms with Gasteiger partial charge in [-0.15, -0.1) is 0 Å². The molecule has 0 aliphatic carbocycles. The van der Waals surface area contributed by atoms with Crippen LogP contribution in [-0.4, -0.2) is 23.1 Å². The van der Waals surface area contributed by atoms with E-state index < -0.39 is 5.97 Å². The maximum Gasteiger partial charge on any atom is 0.339 e. The molecule has 0 fully saturated rings. The van der Waals surface area contributed by atoms with Crippen LogP contribution in [0.25, 0.3) is 0 Å². The van der Waals surface area contributed by atoms with Crippen LogP contribution in [0.1, 0.15) is 27.0 Å². The van der Waals surface area contributed by atoms with Crippen molar-refractivity contribution in [3.8, 4) is 0 Å². The number of aromatic nitrogens is 1. The minimum atomic E-state index is -0.943. The number of hydrogen-bond donors (Lipinski definition) is 1. The van der Waals surface area contributed by atoms with Gasteiger partial charge in [-0.3, -0.25) is 0 Å². The van der Waals surface area contributed by atoms with Gasteiger partial charge in [-0.05, 0) is 31.0 Å². The highest BCUT2D eigenvalue weighted by Gasteiger charge is 2.17. The Kier molecular flexibility index (Phi) is 4.03. The van der Waals surface area contributed by atoms with Crippen LogP contribution in [0.2, 0.25) is 0 Å². The highest BCUT2D eigenvalue weighted by atomic mass is 16.4. The van der Waals surface area contributed by atoms with E-state index in [0.29, 0.717) is 12.4 Å². The van der Waals surface area contributed by atoms with Crippen molar-refractivity contribution < 1.29 is 9.90 Å². The van der Waals surface area contributed by atoms with Gasteiger partial charge >= 0.3 is 5.97 Å². The zero-order chi connectivity index (χ0) is 14.7. The Balaban J connectivity index is 2.29. The van der Waals surface area contributed by atoms with Crippen LogP contribution in [0.4, 0.5) is 5.82 Å². The third-order valence-electron chi connectivity index (χ3n) is 3.26. The van der Waals surface area contributed by atoms with E-state index in [1.165, 1.54) is 5.56 Å². The van der Waals surface area contributed by atoms with Gasteiger partial charge in [-0.25, -0.2) is 9.78 Å². The first-order valence-corrected chi connectivity index (χ1v) is 6.44. The number of rotatable bonds is 4. The second-order valence-electron chi connectivity index (χ2n) is 4.97. The zero-order valence-electron chi connectivity index (χ0n) is 11.9. The summed E-state index contributed by atoms with van der Waals surface area (Å²) in [5.41, 5.74) is 3.31. The molecule has 0 unspecified atom stereocenters. The van der Waals surface area contributed by atoms with Gasteiger partial charge < -0.3 is 10.0 Å². The summed E-state index contributed by atoms with van der Waals surface area (Å²) in [5.74, 6) is -0.445. The molecule has 2 aromatic rings. The standard InChI is InChI=1S/C16H18N2O2/c1-11-4-6-13(7-5-11)10-18(3)15-14(16(19)20)12(2)8-9-17-15/h4-9H,10H2,1-3H3,(H,19,20). The van der Waals surface area contributed by atoms with Crippen LogP contribution in [-0.2, 0) is 6.54 Å². The first-order valence-electron chi connectivity index (χ1n) is 6.44. The highest BCUT2D eigenvalue weighted by Crippen LogP contribution is 2.21. The van der Waals surface area contributed by atoms with E-state index in [-0.39, 0.29) is 5.56 Å². The molecular formula is C16H18N2O2. The lowest BCUT2D eigenvalue weighted by atomic mass is 10.1. The van der Waals surface area contributed by atoms with Gasteiger partial charge in [0.2, 0.25) is 0 Å². The topological polar surface area (TPSA) is 53.4 Å². The summed E-state index contributed by atoms with van der Waals surface area (Å²) < 4.78 is 0. The molecule has 1 heterocycles. The highest BCUT2D eigenvalue weighted by molar-refractivity contribution is 5.94. The van der Waals surface area contributed by atoms with Crippen molar-refractivity contribution >= 4 is 11.8 Å². The van der Waals surface area contributed by atoms with Crippen molar-refractivity contribution in [2.45, 2.75) is 20.4 Å². The third kappa shape index (κ3) is 2.96. The molecule has 104 valence electrons. The molecule has 1 N–H and O–H groups in total. The minimum absolute atomic E-state index is 0.266. The SMILES string of the molecule is Cc1ccc(CN(C)c2nccc(C)c2C(=O)O)cc1. The Morgan fingerprint density at radius 3 is 2.45 bits per heavy atom. The molecule has 0 saturated carbocycles. The Morgan fingerprint density at radius 1 is 1.20 bits per heavy atom. The summed E-state index contributed by atoms with van der Waals surface area (Å²) in [7, 11) is 1.86. The number of carboxylic acid groups (broad SMARTS) is 1. The van der Waals surface area contributed by atoms with Crippen LogP contribution in [0.15, 0.2) is 36.5 Å². The second-order valence-corrected chi connectivity index (χ2v) is 4.97. The van der Waals surface area contributed by atoms with Gasteiger partial charge in [0, 0.05) is 19.8 Å². The van der Waals surface area contributed by atoms with E-state index in [4.69, 9.17) is 0 Å². The molecule has 20 heavy (non-hydrogen) atoms. The molecule has 0 saturated heterocycles. The van der Waals surface area contributed by atoms with E-state index in [1.54, 1.807) is 19.2 Å². The monoisotopic (exact) mass is 270 g/mol. The first kappa shape index (κ1) is 14.1. The average molecular weight is 270 g/mol. The van der Waals surface area contributed by atoms with E-state index in [2.05, 4.69) is 4.98 Å².